The van der Waals surface area contributed by atoms with Gasteiger partial charge in [-0.05, 0) is 60.7 Å². The predicted octanol–water partition coefficient (Wildman–Crippen LogP) is 5.48. The molecule has 0 saturated heterocycles. The van der Waals surface area contributed by atoms with Gasteiger partial charge in [-0.25, -0.2) is 4.68 Å². The topological polar surface area (TPSA) is 17.8 Å². The smallest absolute Gasteiger partial charge is 0.240 e. The fraction of sp³-hybridized carbons (Fsp3) is 0.211. The number of halogens is 3. The van der Waals surface area contributed by atoms with Crippen molar-refractivity contribution in [2.45, 2.75) is 26.9 Å². The van der Waals surface area contributed by atoms with Crippen molar-refractivity contribution in [3.05, 3.63) is 71.0 Å². The zero-order chi connectivity index (χ0) is 17.5. The lowest BCUT2D eigenvalue weighted by Gasteiger charge is -2.11. The molecule has 0 spiro atoms. The average molecular weight is 330 g/mol. The monoisotopic (exact) mass is 330 g/mol. The lowest BCUT2D eigenvalue weighted by Crippen LogP contribution is -2.07. The SMILES string of the molecule is Cc1ccc(-c2ccc(C)c(-n3ccc(C(F)(F)F)n3)c2)cc1C. The van der Waals surface area contributed by atoms with Crippen molar-refractivity contribution in [2.75, 3.05) is 0 Å². The van der Waals surface area contributed by atoms with Crippen molar-refractivity contribution in [1.82, 2.24) is 9.78 Å². The number of hydrogen-bond acceptors (Lipinski definition) is 1. The van der Waals surface area contributed by atoms with E-state index in [2.05, 4.69) is 11.2 Å². The van der Waals surface area contributed by atoms with Crippen LogP contribution in [0, 0.1) is 20.8 Å². The van der Waals surface area contributed by atoms with Gasteiger partial charge in [0.25, 0.3) is 0 Å². The van der Waals surface area contributed by atoms with Crippen molar-refractivity contribution < 1.29 is 13.2 Å². The quantitative estimate of drug-likeness (QED) is 0.608. The second-order valence-corrected chi connectivity index (χ2v) is 5.94. The molecule has 1 heterocycles. The lowest BCUT2D eigenvalue weighted by atomic mass is 9.99. The maximum absolute atomic E-state index is 12.8. The van der Waals surface area contributed by atoms with Crippen LogP contribution in [0.2, 0.25) is 0 Å². The first kappa shape index (κ1) is 16.3. The van der Waals surface area contributed by atoms with E-state index in [-0.39, 0.29) is 0 Å². The Morgan fingerprint density at radius 2 is 1.42 bits per heavy atom. The molecule has 0 atom stereocenters. The molecule has 0 unspecified atom stereocenters. The van der Waals surface area contributed by atoms with Crippen LogP contribution in [0.4, 0.5) is 13.2 Å². The van der Waals surface area contributed by atoms with Gasteiger partial charge in [-0.2, -0.15) is 18.3 Å². The van der Waals surface area contributed by atoms with Crippen LogP contribution in [0.5, 0.6) is 0 Å². The first-order chi connectivity index (χ1) is 11.3. The van der Waals surface area contributed by atoms with Gasteiger partial charge in [-0.15, -0.1) is 0 Å². The molecule has 0 bridgehead atoms. The summed E-state index contributed by atoms with van der Waals surface area (Å²) in [7, 11) is 0. The van der Waals surface area contributed by atoms with Crippen molar-refractivity contribution in [1.29, 1.82) is 0 Å². The Morgan fingerprint density at radius 1 is 0.792 bits per heavy atom. The molecule has 2 aromatic carbocycles. The Labute approximate surface area is 138 Å². The highest BCUT2D eigenvalue weighted by Crippen LogP contribution is 2.30. The molecule has 0 fully saturated rings. The molecule has 3 rings (SSSR count). The van der Waals surface area contributed by atoms with Crippen LogP contribution < -0.4 is 0 Å². The minimum Gasteiger partial charge on any atom is -0.240 e. The van der Waals surface area contributed by atoms with E-state index in [0.717, 1.165) is 22.8 Å². The summed E-state index contributed by atoms with van der Waals surface area (Å²) in [6.07, 6.45) is -3.10. The molecular formula is C19H17F3N2. The predicted molar refractivity (Wildman–Crippen MR) is 88.2 cm³/mol. The second kappa shape index (κ2) is 5.82. The molecule has 0 saturated carbocycles. The molecule has 0 N–H and O–H groups in total. The first-order valence-electron chi connectivity index (χ1n) is 7.57. The Morgan fingerprint density at radius 3 is 2.00 bits per heavy atom. The van der Waals surface area contributed by atoms with E-state index >= 15 is 0 Å². The van der Waals surface area contributed by atoms with Gasteiger partial charge in [0.15, 0.2) is 5.69 Å². The Hall–Kier alpha value is -2.56. The van der Waals surface area contributed by atoms with Crippen LogP contribution in [0.3, 0.4) is 0 Å². The lowest BCUT2D eigenvalue weighted by molar-refractivity contribution is -0.141. The molecule has 5 heteroatoms. The highest BCUT2D eigenvalue weighted by atomic mass is 19.4. The number of alkyl halides is 3. The first-order valence-corrected chi connectivity index (χ1v) is 7.57. The van der Waals surface area contributed by atoms with E-state index in [4.69, 9.17) is 0 Å². The van der Waals surface area contributed by atoms with Gasteiger partial charge >= 0.3 is 6.18 Å². The molecule has 24 heavy (non-hydrogen) atoms. The van der Waals surface area contributed by atoms with Crippen molar-refractivity contribution in [3.8, 4) is 16.8 Å². The van der Waals surface area contributed by atoms with Crippen LogP contribution in [0.25, 0.3) is 16.8 Å². The third-order valence-electron chi connectivity index (χ3n) is 4.18. The van der Waals surface area contributed by atoms with Gasteiger partial charge in [0, 0.05) is 6.20 Å². The fourth-order valence-electron chi connectivity index (χ4n) is 2.57. The molecular weight excluding hydrogens is 313 g/mol. The fourth-order valence-corrected chi connectivity index (χ4v) is 2.57. The van der Waals surface area contributed by atoms with E-state index in [9.17, 15) is 13.2 Å². The normalized spacial score (nSPS) is 11.8. The average Bonchev–Trinajstić information content (AvgIpc) is 3.00. The van der Waals surface area contributed by atoms with E-state index in [0.29, 0.717) is 5.69 Å². The zero-order valence-corrected chi connectivity index (χ0v) is 13.6. The van der Waals surface area contributed by atoms with E-state index in [1.807, 2.05) is 51.1 Å². The van der Waals surface area contributed by atoms with Gasteiger partial charge in [-0.1, -0.05) is 30.3 Å². The maximum Gasteiger partial charge on any atom is 0.435 e. The Kier molecular flexibility index (Phi) is 3.95. The van der Waals surface area contributed by atoms with Crippen LogP contribution in [0.15, 0.2) is 48.7 Å². The number of rotatable bonds is 2. The summed E-state index contributed by atoms with van der Waals surface area (Å²) in [5, 5.41) is 3.67. The van der Waals surface area contributed by atoms with E-state index in [1.165, 1.54) is 22.0 Å². The summed E-state index contributed by atoms with van der Waals surface area (Å²) in [5.41, 5.74) is 4.96. The zero-order valence-electron chi connectivity index (χ0n) is 13.6. The molecule has 0 amide bonds. The number of hydrogen-bond donors (Lipinski definition) is 0. The van der Waals surface area contributed by atoms with E-state index < -0.39 is 11.9 Å². The third-order valence-corrected chi connectivity index (χ3v) is 4.18. The minimum absolute atomic E-state index is 0.640. The minimum atomic E-state index is -4.44. The number of nitrogens with zero attached hydrogens (tertiary/aromatic N) is 2. The Bertz CT molecular complexity index is 892. The largest absolute Gasteiger partial charge is 0.435 e. The summed E-state index contributed by atoms with van der Waals surface area (Å²) in [4.78, 5) is 0. The van der Waals surface area contributed by atoms with Gasteiger partial charge in [0.05, 0.1) is 5.69 Å². The van der Waals surface area contributed by atoms with Crippen molar-refractivity contribution >= 4 is 0 Å². The van der Waals surface area contributed by atoms with Gasteiger partial charge in [0.1, 0.15) is 0 Å². The summed E-state index contributed by atoms with van der Waals surface area (Å²) in [5.74, 6) is 0. The molecule has 2 nitrogen and oxygen atoms in total. The van der Waals surface area contributed by atoms with Crippen LogP contribution in [0.1, 0.15) is 22.4 Å². The molecule has 3 aromatic rings. The summed E-state index contributed by atoms with van der Waals surface area (Å²) in [6, 6.07) is 12.9. The molecule has 1 aromatic heterocycles. The van der Waals surface area contributed by atoms with Crippen molar-refractivity contribution in [3.63, 3.8) is 0 Å². The van der Waals surface area contributed by atoms with Gasteiger partial charge in [-0.3, -0.25) is 0 Å². The second-order valence-electron chi connectivity index (χ2n) is 5.94. The van der Waals surface area contributed by atoms with Crippen LogP contribution in [-0.2, 0) is 6.18 Å². The molecule has 0 radical (unpaired) electrons. The number of aromatic nitrogens is 2. The standard InChI is InChI=1S/C19H17F3N2/c1-12-4-6-15(10-14(12)3)16-7-5-13(2)17(11-16)24-9-8-18(23-24)19(20,21)22/h4-11H,1-3H3. The Balaban J connectivity index is 2.06. The summed E-state index contributed by atoms with van der Waals surface area (Å²) >= 11 is 0. The van der Waals surface area contributed by atoms with Crippen molar-refractivity contribution in [2.24, 2.45) is 0 Å². The van der Waals surface area contributed by atoms with Crippen LogP contribution in [-0.4, -0.2) is 9.78 Å². The summed E-state index contributed by atoms with van der Waals surface area (Å²) < 4.78 is 39.6. The maximum atomic E-state index is 12.8. The molecule has 0 aliphatic rings. The number of aryl methyl sites for hydroxylation is 3. The molecule has 0 aliphatic carbocycles. The molecule has 124 valence electrons. The molecule has 0 aliphatic heterocycles. The highest BCUT2D eigenvalue weighted by Gasteiger charge is 2.33. The van der Waals surface area contributed by atoms with Crippen LogP contribution >= 0.6 is 0 Å². The number of benzene rings is 2. The van der Waals surface area contributed by atoms with Gasteiger partial charge < -0.3 is 0 Å². The van der Waals surface area contributed by atoms with Gasteiger partial charge in [0.2, 0.25) is 0 Å². The highest BCUT2D eigenvalue weighted by molar-refractivity contribution is 5.68. The summed E-state index contributed by atoms with van der Waals surface area (Å²) in [6.45, 7) is 5.94. The van der Waals surface area contributed by atoms with E-state index in [1.54, 1.807) is 0 Å². The third kappa shape index (κ3) is 3.07.